The third kappa shape index (κ3) is 6.37. The third-order valence-electron chi connectivity index (χ3n) is 10.5. The standard InChI is InChI=1S/C49H26F8/c50-37-15-31(16-38(51)23-37)27-9-28(32-17-39(52)24-40(53)18-32)12-35(11-27)49(47-7-3-1-5-45(47)46-6-2-4-8-48(46)49)36-13-29(33-19-41(54)25-42(55)20-33)10-30(14-36)34-21-43(56)26-44(57)22-34/h1-26H. The molecule has 278 valence electrons. The Morgan fingerprint density at radius 2 is 0.474 bits per heavy atom. The summed E-state index contributed by atoms with van der Waals surface area (Å²) >= 11 is 0. The molecule has 0 fully saturated rings. The Hall–Kier alpha value is -6.80. The fourth-order valence-electron chi connectivity index (χ4n) is 8.26. The topological polar surface area (TPSA) is 0 Å². The first-order valence-corrected chi connectivity index (χ1v) is 17.8. The Labute approximate surface area is 322 Å². The van der Waals surface area contributed by atoms with Crippen molar-refractivity contribution in [3.63, 3.8) is 0 Å². The normalized spacial score (nSPS) is 12.7. The lowest BCUT2D eigenvalue weighted by Crippen LogP contribution is -2.29. The molecule has 0 saturated carbocycles. The van der Waals surface area contributed by atoms with Crippen LogP contribution < -0.4 is 0 Å². The molecular formula is C49H26F8. The van der Waals surface area contributed by atoms with Gasteiger partial charge in [-0.3, -0.25) is 0 Å². The number of hydrogen-bond donors (Lipinski definition) is 0. The van der Waals surface area contributed by atoms with E-state index in [1.807, 2.05) is 48.5 Å². The monoisotopic (exact) mass is 766 g/mol. The van der Waals surface area contributed by atoms with Crippen LogP contribution in [0.1, 0.15) is 22.3 Å². The predicted molar refractivity (Wildman–Crippen MR) is 205 cm³/mol. The summed E-state index contributed by atoms with van der Waals surface area (Å²) in [6.45, 7) is 0. The van der Waals surface area contributed by atoms with Crippen LogP contribution in [0.2, 0.25) is 0 Å². The Kier molecular flexibility index (Phi) is 8.65. The van der Waals surface area contributed by atoms with Crippen LogP contribution in [-0.4, -0.2) is 0 Å². The SMILES string of the molecule is Fc1cc(F)cc(-c2cc(-c3cc(F)cc(F)c3)cc(C3(c4cc(-c5cc(F)cc(F)c5)cc(-c5cc(F)cc(F)c5)c4)c4ccccc4-c4ccccc43)c2)c1. The average molecular weight is 767 g/mol. The molecule has 8 aromatic carbocycles. The summed E-state index contributed by atoms with van der Waals surface area (Å²) in [5.74, 6) is -6.76. The minimum Gasteiger partial charge on any atom is -0.207 e. The Morgan fingerprint density at radius 1 is 0.246 bits per heavy atom. The van der Waals surface area contributed by atoms with Gasteiger partial charge in [-0.15, -0.1) is 0 Å². The van der Waals surface area contributed by atoms with Crippen molar-refractivity contribution >= 4 is 0 Å². The summed E-state index contributed by atoms with van der Waals surface area (Å²) in [6, 6.07) is 37.3. The third-order valence-corrected chi connectivity index (χ3v) is 10.5. The molecule has 0 heterocycles. The fraction of sp³-hybridized carbons (Fsp3) is 0.0204. The molecule has 0 amide bonds. The highest BCUT2D eigenvalue weighted by molar-refractivity contribution is 5.89. The van der Waals surface area contributed by atoms with Gasteiger partial charge in [0.1, 0.15) is 46.5 Å². The molecule has 0 unspecified atom stereocenters. The van der Waals surface area contributed by atoms with Crippen molar-refractivity contribution in [3.8, 4) is 55.6 Å². The lowest BCUT2D eigenvalue weighted by Gasteiger charge is -2.35. The van der Waals surface area contributed by atoms with Gasteiger partial charge in [0.2, 0.25) is 0 Å². The summed E-state index contributed by atoms with van der Waals surface area (Å²) in [7, 11) is 0. The zero-order valence-corrected chi connectivity index (χ0v) is 29.5. The second-order valence-corrected chi connectivity index (χ2v) is 14.1. The summed E-state index contributed by atoms with van der Waals surface area (Å²) < 4.78 is 119. The first kappa shape index (κ1) is 35.9. The molecule has 1 aliphatic carbocycles. The van der Waals surface area contributed by atoms with Crippen molar-refractivity contribution in [1.29, 1.82) is 0 Å². The van der Waals surface area contributed by atoms with Crippen LogP contribution in [0.5, 0.6) is 0 Å². The summed E-state index contributed by atoms with van der Waals surface area (Å²) in [6.07, 6.45) is 0. The lowest BCUT2D eigenvalue weighted by atomic mass is 9.66. The molecular weight excluding hydrogens is 741 g/mol. The van der Waals surface area contributed by atoms with Crippen molar-refractivity contribution in [2.24, 2.45) is 0 Å². The molecule has 0 saturated heterocycles. The number of hydrogen-bond acceptors (Lipinski definition) is 0. The zero-order chi connectivity index (χ0) is 39.6. The summed E-state index contributed by atoms with van der Waals surface area (Å²) in [4.78, 5) is 0. The number of benzene rings is 8. The van der Waals surface area contributed by atoms with Crippen LogP contribution in [0.25, 0.3) is 55.6 Å². The van der Waals surface area contributed by atoms with Gasteiger partial charge in [-0.2, -0.15) is 0 Å². The first-order valence-electron chi connectivity index (χ1n) is 17.8. The second kappa shape index (κ2) is 13.7. The van der Waals surface area contributed by atoms with E-state index in [0.29, 0.717) is 33.4 Å². The minimum atomic E-state index is -1.36. The van der Waals surface area contributed by atoms with Crippen molar-refractivity contribution in [1.82, 2.24) is 0 Å². The number of rotatable bonds is 6. The van der Waals surface area contributed by atoms with Gasteiger partial charge >= 0.3 is 0 Å². The van der Waals surface area contributed by atoms with Gasteiger partial charge in [0.15, 0.2) is 0 Å². The molecule has 1 aliphatic rings. The Bertz CT molecular complexity index is 2490. The Balaban J connectivity index is 1.45. The van der Waals surface area contributed by atoms with E-state index in [4.69, 9.17) is 0 Å². The van der Waals surface area contributed by atoms with Crippen LogP contribution in [0.4, 0.5) is 35.1 Å². The fourth-order valence-corrected chi connectivity index (χ4v) is 8.26. The van der Waals surface area contributed by atoms with Crippen molar-refractivity contribution in [3.05, 3.63) is 227 Å². The average Bonchev–Trinajstić information content (AvgIpc) is 3.47. The lowest BCUT2D eigenvalue weighted by molar-refractivity contribution is 0.583. The maximum absolute atomic E-state index is 14.9. The molecule has 0 N–H and O–H groups in total. The van der Waals surface area contributed by atoms with E-state index in [0.717, 1.165) is 95.1 Å². The van der Waals surface area contributed by atoms with Crippen molar-refractivity contribution in [2.75, 3.05) is 0 Å². The van der Waals surface area contributed by atoms with Crippen molar-refractivity contribution < 1.29 is 35.1 Å². The molecule has 0 atom stereocenters. The van der Waals surface area contributed by atoms with E-state index < -0.39 is 52.0 Å². The van der Waals surface area contributed by atoms with Crippen LogP contribution >= 0.6 is 0 Å². The molecule has 0 aliphatic heterocycles. The largest absolute Gasteiger partial charge is 0.207 e. The van der Waals surface area contributed by atoms with E-state index in [9.17, 15) is 35.1 Å². The molecule has 8 heteroatoms. The molecule has 57 heavy (non-hydrogen) atoms. The molecule has 0 aromatic heterocycles. The van der Waals surface area contributed by atoms with E-state index in [1.165, 1.54) is 0 Å². The molecule has 0 radical (unpaired) electrons. The van der Waals surface area contributed by atoms with Crippen molar-refractivity contribution in [2.45, 2.75) is 5.41 Å². The van der Waals surface area contributed by atoms with Gasteiger partial charge in [-0.25, -0.2) is 35.1 Å². The molecule has 9 rings (SSSR count). The van der Waals surface area contributed by atoms with Gasteiger partial charge in [0.25, 0.3) is 0 Å². The van der Waals surface area contributed by atoms with E-state index in [1.54, 1.807) is 36.4 Å². The van der Waals surface area contributed by atoms with E-state index >= 15 is 0 Å². The zero-order valence-electron chi connectivity index (χ0n) is 29.5. The van der Waals surface area contributed by atoms with Gasteiger partial charge in [0.05, 0.1) is 5.41 Å². The maximum atomic E-state index is 14.9. The van der Waals surface area contributed by atoms with Crippen LogP contribution in [0.3, 0.4) is 0 Å². The number of halogens is 8. The first-order chi connectivity index (χ1) is 27.4. The van der Waals surface area contributed by atoms with E-state index in [2.05, 4.69) is 0 Å². The van der Waals surface area contributed by atoms with Gasteiger partial charge in [-0.1, -0.05) is 48.5 Å². The second-order valence-electron chi connectivity index (χ2n) is 14.1. The highest BCUT2D eigenvalue weighted by atomic mass is 19.2. The smallest absolute Gasteiger partial charge is 0.126 e. The molecule has 0 spiro atoms. The maximum Gasteiger partial charge on any atom is 0.126 e. The number of fused-ring (bicyclic) bond motifs is 3. The van der Waals surface area contributed by atoms with Crippen LogP contribution in [-0.2, 0) is 5.41 Å². The van der Waals surface area contributed by atoms with Crippen LogP contribution in [0, 0.1) is 46.5 Å². The van der Waals surface area contributed by atoms with Crippen LogP contribution in [0.15, 0.2) is 158 Å². The quantitative estimate of drug-likeness (QED) is 0.148. The highest BCUT2D eigenvalue weighted by Gasteiger charge is 2.46. The highest BCUT2D eigenvalue weighted by Crippen LogP contribution is 2.57. The molecule has 0 nitrogen and oxygen atoms in total. The summed E-state index contributed by atoms with van der Waals surface area (Å²) in [5, 5.41) is 0. The predicted octanol–water partition coefficient (Wildman–Crippen LogP) is 13.8. The van der Waals surface area contributed by atoms with Gasteiger partial charge in [0, 0.05) is 24.3 Å². The molecule has 0 bridgehead atoms. The Morgan fingerprint density at radius 3 is 0.737 bits per heavy atom. The minimum absolute atomic E-state index is 0.141. The molecule has 8 aromatic rings. The van der Waals surface area contributed by atoms with E-state index in [-0.39, 0.29) is 22.3 Å². The van der Waals surface area contributed by atoms with Gasteiger partial charge < -0.3 is 0 Å². The summed E-state index contributed by atoms with van der Waals surface area (Å²) in [5.41, 5.74) is 4.49. The van der Waals surface area contributed by atoms with Gasteiger partial charge in [-0.05, 0) is 163 Å².